The first-order chi connectivity index (χ1) is 10.7. The van der Waals surface area contributed by atoms with Crippen molar-refractivity contribution in [2.45, 2.75) is 13.3 Å². The molecular weight excluding hydrogens is 280 g/mol. The highest BCUT2D eigenvalue weighted by molar-refractivity contribution is 5.86. The maximum absolute atomic E-state index is 11.6. The van der Waals surface area contributed by atoms with Crippen molar-refractivity contribution >= 4 is 22.6 Å². The quantitative estimate of drug-likeness (QED) is 0.820. The van der Waals surface area contributed by atoms with Gasteiger partial charge < -0.3 is 15.4 Å². The third-order valence-corrected chi connectivity index (χ3v) is 3.11. The van der Waals surface area contributed by atoms with Gasteiger partial charge in [-0.15, -0.1) is 0 Å². The number of hydrogen-bond donors (Lipinski definition) is 2. The minimum absolute atomic E-state index is 0.0279. The standard InChI is InChI=1S/C17H20N2O3/c1-2-9-18-16(20)11-19-17(21)12-22-15-8-7-13-5-3-4-6-14(13)10-15/h3-8,10H,2,9,11-12H2,1H3,(H,18,20)(H,19,21). The van der Waals surface area contributed by atoms with Crippen LogP contribution in [0.5, 0.6) is 5.75 Å². The van der Waals surface area contributed by atoms with E-state index in [1.165, 1.54) is 0 Å². The molecule has 0 aliphatic heterocycles. The molecule has 2 rings (SSSR count). The average Bonchev–Trinajstić information content (AvgIpc) is 2.56. The molecule has 0 spiro atoms. The molecule has 0 heterocycles. The number of hydrogen-bond acceptors (Lipinski definition) is 3. The highest BCUT2D eigenvalue weighted by Gasteiger charge is 2.06. The van der Waals surface area contributed by atoms with E-state index in [0.717, 1.165) is 17.2 Å². The van der Waals surface area contributed by atoms with Gasteiger partial charge in [-0.2, -0.15) is 0 Å². The first kappa shape index (κ1) is 15.8. The van der Waals surface area contributed by atoms with Crippen molar-refractivity contribution in [3.05, 3.63) is 42.5 Å². The van der Waals surface area contributed by atoms with E-state index < -0.39 is 0 Å². The number of ether oxygens (including phenoxy) is 1. The molecule has 0 atom stereocenters. The Kier molecular flexibility index (Phi) is 5.77. The fourth-order valence-electron chi connectivity index (χ4n) is 1.96. The molecule has 0 aliphatic carbocycles. The molecule has 116 valence electrons. The Balaban J connectivity index is 1.78. The van der Waals surface area contributed by atoms with Crippen molar-refractivity contribution in [1.29, 1.82) is 0 Å². The molecule has 0 bridgehead atoms. The number of carbonyl (C=O) groups is 2. The van der Waals surface area contributed by atoms with Gasteiger partial charge in [0.25, 0.3) is 5.91 Å². The molecule has 0 aromatic heterocycles. The summed E-state index contributed by atoms with van der Waals surface area (Å²) in [6.45, 7) is 2.44. The largest absolute Gasteiger partial charge is 0.484 e. The molecule has 2 amide bonds. The van der Waals surface area contributed by atoms with E-state index in [-0.39, 0.29) is 25.0 Å². The maximum Gasteiger partial charge on any atom is 0.258 e. The van der Waals surface area contributed by atoms with E-state index in [1.54, 1.807) is 0 Å². The number of amides is 2. The number of rotatable bonds is 7. The minimum Gasteiger partial charge on any atom is -0.484 e. The lowest BCUT2D eigenvalue weighted by Gasteiger charge is -2.08. The topological polar surface area (TPSA) is 67.4 Å². The van der Waals surface area contributed by atoms with E-state index in [2.05, 4.69) is 10.6 Å². The van der Waals surface area contributed by atoms with Crippen molar-refractivity contribution < 1.29 is 14.3 Å². The fourth-order valence-corrected chi connectivity index (χ4v) is 1.96. The van der Waals surface area contributed by atoms with Crippen LogP contribution in [0.2, 0.25) is 0 Å². The van der Waals surface area contributed by atoms with Crippen molar-refractivity contribution in [2.24, 2.45) is 0 Å². The number of nitrogens with one attached hydrogen (secondary N) is 2. The van der Waals surface area contributed by atoms with Crippen LogP contribution in [0.1, 0.15) is 13.3 Å². The summed E-state index contributed by atoms with van der Waals surface area (Å²) in [5.41, 5.74) is 0. The summed E-state index contributed by atoms with van der Waals surface area (Å²) in [6.07, 6.45) is 0.866. The smallest absolute Gasteiger partial charge is 0.258 e. The van der Waals surface area contributed by atoms with Gasteiger partial charge >= 0.3 is 0 Å². The molecule has 0 radical (unpaired) electrons. The van der Waals surface area contributed by atoms with Crippen LogP contribution in [0.15, 0.2) is 42.5 Å². The monoisotopic (exact) mass is 300 g/mol. The Morgan fingerprint density at radius 1 is 1.00 bits per heavy atom. The van der Waals surface area contributed by atoms with Crippen LogP contribution in [-0.4, -0.2) is 31.5 Å². The highest BCUT2D eigenvalue weighted by atomic mass is 16.5. The summed E-state index contributed by atoms with van der Waals surface area (Å²) in [6, 6.07) is 13.6. The van der Waals surface area contributed by atoms with E-state index in [0.29, 0.717) is 12.3 Å². The molecule has 22 heavy (non-hydrogen) atoms. The van der Waals surface area contributed by atoms with E-state index >= 15 is 0 Å². The van der Waals surface area contributed by atoms with Crippen molar-refractivity contribution in [1.82, 2.24) is 10.6 Å². The van der Waals surface area contributed by atoms with E-state index in [4.69, 9.17) is 4.74 Å². The number of carbonyl (C=O) groups excluding carboxylic acids is 2. The van der Waals surface area contributed by atoms with Crippen LogP contribution in [0.4, 0.5) is 0 Å². The maximum atomic E-state index is 11.6. The number of fused-ring (bicyclic) bond motifs is 1. The van der Waals surface area contributed by atoms with Crippen molar-refractivity contribution in [2.75, 3.05) is 19.7 Å². The lowest BCUT2D eigenvalue weighted by atomic mass is 10.1. The summed E-state index contributed by atoms with van der Waals surface area (Å²) >= 11 is 0. The fraction of sp³-hybridized carbons (Fsp3) is 0.294. The second kappa shape index (κ2) is 8.02. The third kappa shape index (κ3) is 4.77. The summed E-state index contributed by atoms with van der Waals surface area (Å²) in [5, 5.41) is 7.38. The lowest BCUT2D eigenvalue weighted by Crippen LogP contribution is -2.39. The Bertz CT molecular complexity index is 655. The van der Waals surface area contributed by atoms with Crippen LogP contribution in [0, 0.1) is 0 Å². The second-order valence-electron chi connectivity index (χ2n) is 4.92. The molecule has 0 aliphatic rings. The van der Waals surface area contributed by atoms with Crippen molar-refractivity contribution in [3.8, 4) is 5.75 Å². The average molecular weight is 300 g/mol. The van der Waals surface area contributed by atoms with Gasteiger partial charge in [-0.1, -0.05) is 37.3 Å². The van der Waals surface area contributed by atoms with Gasteiger partial charge in [0.2, 0.25) is 5.91 Å². The highest BCUT2D eigenvalue weighted by Crippen LogP contribution is 2.20. The van der Waals surface area contributed by atoms with Gasteiger partial charge in [-0.05, 0) is 29.3 Å². The van der Waals surface area contributed by atoms with Crippen LogP contribution in [0.25, 0.3) is 10.8 Å². The van der Waals surface area contributed by atoms with Crippen molar-refractivity contribution in [3.63, 3.8) is 0 Å². The lowest BCUT2D eigenvalue weighted by molar-refractivity contribution is -0.127. The molecule has 0 unspecified atom stereocenters. The Morgan fingerprint density at radius 3 is 2.55 bits per heavy atom. The van der Waals surface area contributed by atoms with Crippen LogP contribution < -0.4 is 15.4 Å². The van der Waals surface area contributed by atoms with Crippen LogP contribution in [-0.2, 0) is 9.59 Å². The molecule has 0 saturated heterocycles. The second-order valence-corrected chi connectivity index (χ2v) is 4.92. The van der Waals surface area contributed by atoms with Crippen LogP contribution in [0.3, 0.4) is 0 Å². The first-order valence-electron chi connectivity index (χ1n) is 7.34. The third-order valence-electron chi connectivity index (χ3n) is 3.11. The molecule has 5 heteroatoms. The summed E-state index contributed by atoms with van der Waals surface area (Å²) in [7, 11) is 0. The Morgan fingerprint density at radius 2 is 1.77 bits per heavy atom. The molecule has 0 fully saturated rings. The predicted molar refractivity (Wildman–Crippen MR) is 85.8 cm³/mol. The normalized spacial score (nSPS) is 10.2. The zero-order valence-electron chi connectivity index (χ0n) is 12.6. The first-order valence-corrected chi connectivity index (χ1v) is 7.34. The van der Waals surface area contributed by atoms with Crippen LogP contribution >= 0.6 is 0 Å². The number of benzene rings is 2. The summed E-state index contributed by atoms with van der Waals surface area (Å²) in [4.78, 5) is 23.0. The van der Waals surface area contributed by atoms with Gasteiger partial charge in [-0.3, -0.25) is 9.59 Å². The predicted octanol–water partition coefficient (Wildman–Crippen LogP) is 1.86. The minimum atomic E-state index is -0.320. The molecule has 5 nitrogen and oxygen atoms in total. The molecule has 2 aromatic carbocycles. The van der Waals surface area contributed by atoms with Gasteiger partial charge in [-0.25, -0.2) is 0 Å². The summed E-state index contributed by atoms with van der Waals surface area (Å²) in [5.74, 6) is 0.116. The summed E-state index contributed by atoms with van der Waals surface area (Å²) < 4.78 is 5.45. The molecule has 2 N–H and O–H groups in total. The van der Waals surface area contributed by atoms with Gasteiger partial charge in [0.15, 0.2) is 6.61 Å². The van der Waals surface area contributed by atoms with E-state index in [1.807, 2.05) is 49.4 Å². The zero-order valence-corrected chi connectivity index (χ0v) is 12.6. The van der Waals surface area contributed by atoms with E-state index in [9.17, 15) is 9.59 Å². The van der Waals surface area contributed by atoms with Gasteiger partial charge in [0.1, 0.15) is 5.75 Å². The SMILES string of the molecule is CCCNC(=O)CNC(=O)COc1ccc2ccccc2c1. The van der Waals surface area contributed by atoms with Gasteiger partial charge in [0.05, 0.1) is 6.54 Å². The Hall–Kier alpha value is -2.56. The Labute approximate surface area is 129 Å². The van der Waals surface area contributed by atoms with Gasteiger partial charge in [0, 0.05) is 6.54 Å². The molecular formula is C17H20N2O3. The molecule has 2 aromatic rings. The molecule has 0 saturated carbocycles. The zero-order chi connectivity index (χ0) is 15.8.